The van der Waals surface area contributed by atoms with Crippen LogP contribution in [-0.4, -0.2) is 59.9 Å². The Morgan fingerprint density at radius 2 is 1.76 bits per heavy atom. The summed E-state index contributed by atoms with van der Waals surface area (Å²) in [6, 6.07) is 0.698. The Morgan fingerprint density at radius 3 is 2.48 bits per heavy atom. The molecule has 3 aliphatic rings. The van der Waals surface area contributed by atoms with Crippen molar-refractivity contribution in [3.05, 3.63) is 0 Å². The molecule has 5 heteroatoms. The number of amides is 2. The highest BCUT2D eigenvalue weighted by atomic mass is 16.2. The molecule has 1 N–H and O–H groups in total. The van der Waals surface area contributed by atoms with E-state index in [0.29, 0.717) is 18.6 Å². The molecule has 5 nitrogen and oxygen atoms in total. The number of rotatable bonds is 5. The largest absolute Gasteiger partial charge is 0.355 e. The first-order valence-corrected chi connectivity index (χ1v) is 8.43. The third kappa shape index (κ3) is 3.57. The molecule has 3 fully saturated rings. The molecule has 0 aromatic carbocycles. The smallest absolute Gasteiger partial charge is 0.234 e. The number of nitrogens with one attached hydrogen (secondary N) is 1. The van der Waals surface area contributed by atoms with Gasteiger partial charge in [0.1, 0.15) is 0 Å². The van der Waals surface area contributed by atoms with E-state index in [1.807, 2.05) is 4.90 Å². The van der Waals surface area contributed by atoms with Crippen molar-refractivity contribution in [1.82, 2.24) is 15.1 Å². The minimum atomic E-state index is 0.154. The number of carbonyl (C=O) groups excluding carboxylic acids is 2. The molecular formula is C16H27N3O2. The molecule has 3 rings (SSSR count). The van der Waals surface area contributed by atoms with E-state index in [1.54, 1.807) is 6.92 Å². The van der Waals surface area contributed by atoms with Crippen LogP contribution in [0.4, 0.5) is 0 Å². The van der Waals surface area contributed by atoms with Gasteiger partial charge in [0.05, 0.1) is 6.54 Å². The Labute approximate surface area is 127 Å². The standard InChI is InChI=1S/C16H27N3O2/c1-12(20)19-9-3-5-15(19)14-4-2-8-18(14)11-16(21)17-10-13-6-7-13/h13-15H,2-11H2,1H3,(H,17,21). The van der Waals surface area contributed by atoms with Crippen LogP contribution in [0.5, 0.6) is 0 Å². The Morgan fingerprint density at radius 1 is 1.05 bits per heavy atom. The van der Waals surface area contributed by atoms with E-state index >= 15 is 0 Å². The van der Waals surface area contributed by atoms with Crippen molar-refractivity contribution >= 4 is 11.8 Å². The summed E-state index contributed by atoms with van der Waals surface area (Å²) in [5.41, 5.74) is 0. The fraction of sp³-hybridized carbons (Fsp3) is 0.875. The third-order valence-electron chi connectivity index (χ3n) is 5.19. The SMILES string of the molecule is CC(=O)N1CCCC1C1CCCN1CC(=O)NCC1CC1. The highest BCUT2D eigenvalue weighted by molar-refractivity contribution is 5.78. The Balaban J connectivity index is 1.54. The first-order valence-electron chi connectivity index (χ1n) is 8.43. The van der Waals surface area contributed by atoms with Crippen LogP contribution in [0.25, 0.3) is 0 Å². The minimum absolute atomic E-state index is 0.154. The first-order chi connectivity index (χ1) is 10.1. The van der Waals surface area contributed by atoms with Gasteiger partial charge in [-0.2, -0.15) is 0 Å². The van der Waals surface area contributed by atoms with Crippen molar-refractivity contribution in [2.75, 3.05) is 26.2 Å². The Kier molecular flexibility index (Phi) is 4.48. The van der Waals surface area contributed by atoms with Gasteiger partial charge in [0.15, 0.2) is 0 Å². The lowest BCUT2D eigenvalue weighted by atomic mass is 10.0. The third-order valence-corrected chi connectivity index (χ3v) is 5.19. The molecule has 118 valence electrons. The Hall–Kier alpha value is -1.10. The molecule has 2 heterocycles. The summed E-state index contributed by atoms with van der Waals surface area (Å²) >= 11 is 0. The summed E-state index contributed by atoms with van der Waals surface area (Å²) in [6.07, 6.45) is 6.98. The van der Waals surface area contributed by atoms with Gasteiger partial charge in [-0.1, -0.05) is 0 Å². The second-order valence-corrected chi connectivity index (χ2v) is 6.85. The quantitative estimate of drug-likeness (QED) is 0.822. The zero-order valence-electron chi connectivity index (χ0n) is 13.0. The van der Waals surface area contributed by atoms with Crippen LogP contribution in [0.15, 0.2) is 0 Å². The minimum Gasteiger partial charge on any atom is -0.355 e. The number of nitrogens with zero attached hydrogens (tertiary/aromatic N) is 2. The number of hydrogen-bond donors (Lipinski definition) is 1. The Bertz CT molecular complexity index is 408. The summed E-state index contributed by atoms with van der Waals surface area (Å²) < 4.78 is 0. The second kappa shape index (κ2) is 6.34. The summed E-state index contributed by atoms with van der Waals surface area (Å²) in [7, 11) is 0. The van der Waals surface area contributed by atoms with Crippen LogP contribution < -0.4 is 5.32 Å². The van der Waals surface area contributed by atoms with Crippen LogP contribution in [-0.2, 0) is 9.59 Å². The molecule has 0 bridgehead atoms. The van der Waals surface area contributed by atoms with Gasteiger partial charge in [-0.25, -0.2) is 0 Å². The van der Waals surface area contributed by atoms with Gasteiger partial charge in [0.2, 0.25) is 11.8 Å². The van der Waals surface area contributed by atoms with Gasteiger partial charge in [-0.3, -0.25) is 14.5 Å². The van der Waals surface area contributed by atoms with Crippen molar-refractivity contribution in [2.24, 2.45) is 5.92 Å². The second-order valence-electron chi connectivity index (χ2n) is 6.85. The van der Waals surface area contributed by atoms with E-state index in [-0.39, 0.29) is 11.8 Å². The van der Waals surface area contributed by atoms with Crippen LogP contribution in [0, 0.1) is 5.92 Å². The molecule has 1 aliphatic carbocycles. The van der Waals surface area contributed by atoms with Gasteiger partial charge < -0.3 is 10.2 Å². The normalized spacial score (nSPS) is 29.9. The van der Waals surface area contributed by atoms with E-state index in [9.17, 15) is 9.59 Å². The lowest BCUT2D eigenvalue weighted by molar-refractivity contribution is -0.130. The van der Waals surface area contributed by atoms with Gasteiger partial charge in [-0.15, -0.1) is 0 Å². The van der Waals surface area contributed by atoms with Crippen molar-refractivity contribution in [2.45, 2.75) is 57.5 Å². The van der Waals surface area contributed by atoms with Gasteiger partial charge in [-0.05, 0) is 51.0 Å². The number of carbonyl (C=O) groups is 2. The lowest BCUT2D eigenvalue weighted by Gasteiger charge is -2.34. The zero-order valence-corrected chi connectivity index (χ0v) is 13.0. The van der Waals surface area contributed by atoms with E-state index in [2.05, 4.69) is 10.2 Å². The van der Waals surface area contributed by atoms with E-state index in [0.717, 1.165) is 51.2 Å². The molecule has 1 saturated carbocycles. The molecule has 0 aromatic heterocycles. The van der Waals surface area contributed by atoms with E-state index in [1.165, 1.54) is 12.8 Å². The van der Waals surface area contributed by atoms with Crippen molar-refractivity contribution < 1.29 is 9.59 Å². The molecule has 0 spiro atoms. The average Bonchev–Trinajstić information content (AvgIpc) is 2.96. The van der Waals surface area contributed by atoms with Crippen LogP contribution >= 0.6 is 0 Å². The predicted octanol–water partition coefficient (Wildman–Crippen LogP) is 0.988. The van der Waals surface area contributed by atoms with Crippen molar-refractivity contribution in [3.63, 3.8) is 0 Å². The molecular weight excluding hydrogens is 266 g/mol. The van der Waals surface area contributed by atoms with Crippen LogP contribution in [0.3, 0.4) is 0 Å². The molecule has 2 unspecified atom stereocenters. The fourth-order valence-electron chi connectivity index (χ4n) is 3.89. The topological polar surface area (TPSA) is 52.7 Å². The van der Waals surface area contributed by atoms with Gasteiger partial charge >= 0.3 is 0 Å². The maximum Gasteiger partial charge on any atom is 0.234 e. The highest BCUT2D eigenvalue weighted by Crippen LogP contribution is 2.30. The average molecular weight is 293 g/mol. The van der Waals surface area contributed by atoms with Crippen LogP contribution in [0.1, 0.15) is 45.4 Å². The number of hydrogen-bond acceptors (Lipinski definition) is 3. The summed E-state index contributed by atoms with van der Waals surface area (Å²) in [5.74, 6) is 1.06. The molecule has 2 atom stereocenters. The highest BCUT2D eigenvalue weighted by Gasteiger charge is 2.39. The molecule has 2 aliphatic heterocycles. The van der Waals surface area contributed by atoms with E-state index < -0.39 is 0 Å². The van der Waals surface area contributed by atoms with Crippen LogP contribution in [0.2, 0.25) is 0 Å². The molecule has 2 saturated heterocycles. The summed E-state index contributed by atoms with van der Waals surface area (Å²) in [5, 5.41) is 3.06. The van der Waals surface area contributed by atoms with Crippen molar-refractivity contribution in [1.29, 1.82) is 0 Å². The van der Waals surface area contributed by atoms with Gasteiger partial charge in [0.25, 0.3) is 0 Å². The monoisotopic (exact) mass is 293 g/mol. The molecule has 2 amide bonds. The maximum absolute atomic E-state index is 12.1. The van der Waals surface area contributed by atoms with E-state index in [4.69, 9.17) is 0 Å². The van der Waals surface area contributed by atoms with Crippen molar-refractivity contribution in [3.8, 4) is 0 Å². The summed E-state index contributed by atoms with van der Waals surface area (Å²) in [4.78, 5) is 28.1. The predicted molar refractivity (Wildman–Crippen MR) is 80.7 cm³/mol. The maximum atomic E-state index is 12.1. The van der Waals surface area contributed by atoms with Gasteiger partial charge in [0, 0.05) is 32.1 Å². The zero-order chi connectivity index (χ0) is 14.8. The molecule has 21 heavy (non-hydrogen) atoms. The number of likely N-dealkylation sites (tertiary alicyclic amines) is 2. The molecule has 0 aromatic rings. The summed E-state index contributed by atoms with van der Waals surface area (Å²) in [6.45, 7) is 4.89. The fourth-order valence-corrected chi connectivity index (χ4v) is 3.89. The molecule has 0 radical (unpaired) electrons. The first kappa shape index (κ1) is 14.8. The lowest BCUT2D eigenvalue weighted by Crippen LogP contribution is -2.50.